The molecule has 1 fully saturated rings. The number of nitrogens with one attached hydrogen (secondary N) is 1. The van der Waals surface area contributed by atoms with Gasteiger partial charge in [0.2, 0.25) is 0 Å². The molecule has 0 spiro atoms. The van der Waals surface area contributed by atoms with Crippen LogP contribution in [0.15, 0.2) is 18.2 Å². The zero-order chi connectivity index (χ0) is 13.9. The molecule has 1 unspecified atom stereocenters. The molecule has 0 bridgehead atoms. The van der Waals surface area contributed by atoms with E-state index in [1.807, 2.05) is 6.92 Å². The summed E-state index contributed by atoms with van der Waals surface area (Å²) in [6.07, 6.45) is 3.06. The Hall–Kier alpha value is -1.13. The van der Waals surface area contributed by atoms with Gasteiger partial charge in [0.15, 0.2) is 0 Å². The molecule has 0 radical (unpaired) electrons. The van der Waals surface area contributed by atoms with Gasteiger partial charge in [0.05, 0.1) is 18.8 Å². The van der Waals surface area contributed by atoms with Gasteiger partial charge in [0.1, 0.15) is 11.6 Å². The minimum absolute atomic E-state index is 0.109. The Balaban J connectivity index is 2.33. The van der Waals surface area contributed by atoms with Crippen molar-refractivity contribution in [1.82, 2.24) is 5.32 Å². The van der Waals surface area contributed by atoms with Gasteiger partial charge in [-0.2, -0.15) is 0 Å². The Kier molecular flexibility index (Phi) is 4.42. The molecule has 1 aromatic rings. The topological polar surface area (TPSA) is 30.5 Å². The zero-order valence-electron chi connectivity index (χ0n) is 11.8. The highest BCUT2D eigenvalue weighted by molar-refractivity contribution is 5.33. The predicted molar refractivity (Wildman–Crippen MR) is 73.0 cm³/mol. The lowest BCUT2D eigenvalue weighted by molar-refractivity contribution is -0.100. The second kappa shape index (κ2) is 5.88. The van der Waals surface area contributed by atoms with Crippen LogP contribution in [0.1, 0.15) is 37.8 Å². The van der Waals surface area contributed by atoms with E-state index in [2.05, 4.69) is 5.32 Å². The summed E-state index contributed by atoms with van der Waals surface area (Å²) in [6.45, 7) is 2.80. The second-order valence-electron chi connectivity index (χ2n) is 5.00. The third-order valence-corrected chi connectivity index (χ3v) is 4.06. The van der Waals surface area contributed by atoms with Crippen LogP contribution in [-0.4, -0.2) is 26.4 Å². The van der Waals surface area contributed by atoms with E-state index in [0.29, 0.717) is 11.3 Å². The third kappa shape index (κ3) is 2.60. The Morgan fingerprint density at radius 1 is 1.37 bits per heavy atom. The van der Waals surface area contributed by atoms with Gasteiger partial charge in [-0.3, -0.25) is 0 Å². The maximum atomic E-state index is 14.3. The average Bonchev–Trinajstić information content (AvgIpc) is 2.37. The molecule has 106 valence electrons. The first-order chi connectivity index (χ1) is 9.16. The highest BCUT2D eigenvalue weighted by Gasteiger charge is 2.45. The maximum absolute atomic E-state index is 14.3. The van der Waals surface area contributed by atoms with Crippen molar-refractivity contribution in [3.05, 3.63) is 29.6 Å². The van der Waals surface area contributed by atoms with E-state index in [9.17, 15) is 4.39 Å². The van der Waals surface area contributed by atoms with Crippen LogP contribution in [0, 0.1) is 5.82 Å². The van der Waals surface area contributed by atoms with Gasteiger partial charge in [0.25, 0.3) is 0 Å². The van der Waals surface area contributed by atoms with Crippen molar-refractivity contribution in [1.29, 1.82) is 0 Å². The molecular weight excluding hydrogens is 245 g/mol. The van der Waals surface area contributed by atoms with Crippen LogP contribution in [0.2, 0.25) is 0 Å². The fraction of sp³-hybridized carbons (Fsp3) is 0.600. The van der Waals surface area contributed by atoms with E-state index < -0.39 is 0 Å². The first-order valence-corrected chi connectivity index (χ1v) is 6.79. The predicted octanol–water partition coefficient (Wildman–Crippen LogP) is 3.05. The van der Waals surface area contributed by atoms with Gasteiger partial charge in [-0.05, 0) is 31.9 Å². The number of methoxy groups -OCH3 is 2. The number of ether oxygens (including phenoxy) is 2. The molecule has 1 atom stereocenters. The van der Waals surface area contributed by atoms with Crippen molar-refractivity contribution >= 4 is 0 Å². The van der Waals surface area contributed by atoms with Crippen LogP contribution >= 0.6 is 0 Å². The van der Waals surface area contributed by atoms with E-state index in [1.54, 1.807) is 26.4 Å². The largest absolute Gasteiger partial charge is 0.497 e. The summed E-state index contributed by atoms with van der Waals surface area (Å²) in [6, 6.07) is 4.91. The summed E-state index contributed by atoms with van der Waals surface area (Å²) in [4.78, 5) is 0. The molecule has 1 aliphatic carbocycles. The highest BCUT2D eigenvalue weighted by Crippen LogP contribution is 2.45. The number of hydrogen-bond donors (Lipinski definition) is 1. The normalized spacial score (nSPS) is 18.7. The SMILES string of the molecule is CCNC(c1ccc(OC)cc1F)C1(OC)CCC1. The van der Waals surface area contributed by atoms with Crippen molar-refractivity contribution in [3.8, 4) is 5.75 Å². The summed E-state index contributed by atoms with van der Waals surface area (Å²) < 4.78 is 25.0. The number of likely N-dealkylation sites (N-methyl/N-ethyl adjacent to an activating group) is 1. The Morgan fingerprint density at radius 3 is 2.53 bits per heavy atom. The smallest absolute Gasteiger partial charge is 0.131 e. The summed E-state index contributed by atoms with van der Waals surface area (Å²) in [5.41, 5.74) is 0.384. The van der Waals surface area contributed by atoms with Gasteiger partial charge in [-0.15, -0.1) is 0 Å². The molecule has 19 heavy (non-hydrogen) atoms. The number of hydrogen-bond acceptors (Lipinski definition) is 3. The molecular formula is C15H22FNO2. The van der Waals surface area contributed by atoms with E-state index >= 15 is 0 Å². The molecule has 0 aliphatic heterocycles. The minimum Gasteiger partial charge on any atom is -0.497 e. The van der Waals surface area contributed by atoms with Gasteiger partial charge in [0, 0.05) is 18.7 Å². The summed E-state index contributed by atoms with van der Waals surface area (Å²) in [5, 5.41) is 3.37. The Bertz CT molecular complexity index is 427. The molecule has 1 N–H and O–H groups in total. The fourth-order valence-corrected chi connectivity index (χ4v) is 2.79. The van der Waals surface area contributed by atoms with Crippen LogP contribution in [0.5, 0.6) is 5.75 Å². The van der Waals surface area contributed by atoms with E-state index in [0.717, 1.165) is 25.8 Å². The van der Waals surface area contributed by atoms with Gasteiger partial charge >= 0.3 is 0 Å². The molecule has 3 nitrogen and oxygen atoms in total. The highest BCUT2D eigenvalue weighted by atomic mass is 19.1. The number of benzene rings is 1. The lowest BCUT2D eigenvalue weighted by Crippen LogP contribution is -2.50. The molecule has 4 heteroatoms. The quantitative estimate of drug-likeness (QED) is 0.859. The third-order valence-electron chi connectivity index (χ3n) is 4.06. The first kappa shape index (κ1) is 14.3. The summed E-state index contributed by atoms with van der Waals surface area (Å²) in [5.74, 6) is 0.296. The van der Waals surface area contributed by atoms with Crippen LogP contribution in [0.3, 0.4) is 0 Å². The van der Waals surface area contributed by atoms with Gasteiger partial charge in [-0.25, -0.2) is 4.39 Å². The number of rotatable bonds is 6. The summed E-state index contributed by atoms with van der Waals surface area (Å²) >= 11 is 0. The molecule has 1 saturated carbocycles. The van der Waals surface area contributed by atoms with Crippen LogP contribution < -0.4 is 10.1 Å². The van der Waals surface area contributed by atoms with E-state index in [4.69, 9.17) is 9.47 Å². The molecule has 0 amide bonds. The van der Waals surface area contributed by atoms with E-state index in [1.165, 1.54) is 6.07 Å². The number of halogens is 1. The van der Waals surface area contributed by atoms with Crippen LogP contribution in [0.4, 0.5) is 4.39 Å². The molecule has 2 rings (SSSR count). The maximum Gasteiger partial charge on any atom is 0.131 e. The Morgan fingerprint density at radius 2 is 2.11 bits per heavy atom. The van der Waals surface area contributed by atoms with Crippen molar-refractivity contribution in [2.75, 3.05) is 20.8 Å². The standard InChI is InChI=1S/C15H22FNO2/c1-4-17-14(15(19-3)8-5-9-15)12-7-6-11(18-2)10-13(12)16/h6-7,10,14,17H,4-5,8-9H2,1-3H3. The minimum atomic E-state index is -0.272. The molecule has 0 heterocycles. The van der Waals surface area contributed by atoms with Crippen molar-refractivity contribution in [2.24, 2.45) is 0 Å². The lowest BCUT2D eigenvalue weighted by atomic mass is 9.72. The zero-order valence-corrected chi connectivity index (χ0v) is 11.8. The van der Waals surface area contributed by atoms with Crippen LogP contribution in [-0.2, 0) is 4.74 Å². The monoisotopic (exact) mass is 267 g/mol. The summed E-state index contributed by atoms with van der Waals surface area (Å²) in [7, 11) is 3.25. The second-order valence-corrected chi connectivity index (χ2v) is 5.00. The fourth-order valence-electron chi connectivity index (χ4n) is 2.79. The average molecular weight is 267 g/mol. The lowest BCUT2D eigenvalue weighted by Gasteiger charge is -2.47. The van der Waals surface area contributed by atoms with Gasteiger partial charge < -0.3 is 14.8 Å². The van der Waals surface area contributed by atoms with Crippen LogP contribution in [0.25, 0.3) is 0 Å². The van der Waals surface area contributed by atoms with E-state index in [-0.39, 0.29) is 17.5 Å². The molecule has 0 aromatic heterocycles. The molecule has 1 aromatic carbocycles. The first-order valence-electron chi connectivity index (χ1n) is 6.79. The van der Waals surface area contributed by atoms with Crippen molar-refractivity contribution < 1.29 is 13.9 Å². The Labute approximate surface area is 114 Å². The molecule has 1 aliphatic rings. The van der Waals surface area contributed by atoms with Crippen molar-refractivity contribution in [3.63, 3.8) is 0 Å². The van der Waals surface area contributed by atoms with Crippen molar-refractivity contribution in [2.45, 2.75) is 37.8 Å². The molecule has 0 saturated heterocycles. The van der Waals surface area contributed by atoms with Gasteiger partial charge in [-0.1, -0.05) is 13.0 Å².